The van der Waals surface area contributed by atoms with Crippen molar-refractivity contribution in [2.24, 2.45) is 16.1 Å². The number of hydrogen-bond donors (Lipinski definition) is 0. The summed E-state index contributed by atoms with van der Waals surface area (Å²) in [6.45, 7) is 0. The van der Waals surface area contributed by atoms with Crippen LogP contribution in [0.1, 0.15) is 25.7 Å². The molecule has 0 spiro atoms. The summed E-state index contributed by atoms with van der Waals surface area (Å²) in [5, 5.41) is 15.5. The molecule has 0 saturated heterocycles. The van der Waals surface area contributed by atoms with Crippen LogP contribution in [0.25, 0.3) is 5.70 Å². The van der Waals surface area contributed by atoms with E-state index in [2.05, 4.69) is 32.6 Å². The molecule has 0 radical (unpaired) electrons. The molecule has 2 heterocycles. The highest BCUT2D eigenvalue weighted by Gasteiger charge is 2.26. The van der Waals surface area contributed by atoms with Crippen molar-refractivity contribution in [3.8, 4) is 0 Å². The molecular weight excluding hydrogens is 252 g/mol. The van der Waals surface area contributed by atoms with Gasteiger partial charge in [-0.3, -0.25) is 4.57 Å². The van der Waals surface area contributed by atoms with Crippen molar-refractivity contribution in [3.05, 3.63) is 30.4 Å². The number of aromatic nitrogens is 3. The maximum atomic E-state index is 3.88. The Morgan fingerprint density at radius 2 is 1.75 bits per heavy atom. The third-order valence-corrected chi connectivity index (χ3v) is 4.14. The van der Waals surface area contributed by atoms with E-state index in [9.17, 15) is 0 Å². The third-order valence-electron chi connectivity index (χ3n) is 4.14. The molecule has 100 valence electrons. The van der Waals surface area contributed by atoms with Gasteiger partial charge in [0.15, 0.2) is 0 Å². The van der Waals surface area contributed by atoms with E-state index < -0.39 is 0 Å². The highest BCUT2D eigenvalue weighted by atomic mass is 15.3. The Balaban J connectivity index is 1.73. The van der Waals surface area contributed by atoms with Crippen LogP contribution in [0.2, 0.25) is 0 Å². The first-order valence-electron chi connectivity index (χ1n) is 6.88. The van der Waals surface area contributed by atoms with Crippen molar-refractivity contribution in [3.63, 3.8) is 0 Å². The van der Waals surface area contributed by atoms with E-state index in [-0.39, 0.29) is 0 Å². The number of nitrogens with zero attached hydrogens (tertiary/aromatic N) is 6. The molecule has 3 aliphatic rings. The van der Waals surface area contributed by atoms with Gasteiger partial charge in [-0.2, -0.15) is 0 Å². The molecule has 1 atom stereocenters. The largest absolute Gasteiger partial charge is 0.292 e. The van der Waals surface area contributed by atoms with Gasteiger partial charge in [-0.05, 0) is 42.9 Å². The van der Waals surface area contributed by atoms with E-state index in [1.54, 1.807) is 25.3 Å². The second-order valence-corrected chi connectivity index (χ2v) is 5.28. The van der Waals surface area contributed by atoms with E-state index in [1.165, 1.54) is 29.8 Å². The minimum Gasteiger partial charge on any atom is -0.292 e. The van der Waals surface area contributed by atoms with E-state index in [0.29, 0.717) is 5.92 Å². The Labute approximate surface area is 116 Å². The lowest BCUT2D eigenvalue weighted by molar-refractivity contribution is -0.241. The first kappa shape index (κ1) is 11.5. The van der Waals surface area contributed by atoms with Crippen LogP contribution < -0.4 is 0 Å². The topological polar surface area (TPSA) is 58.4 Å². The number of rotatable bonds is 1. The molecule has 1 unspecified atom stereocenters. The fourth-order valence-electron chi connectivity index (χ4n) is 3.03. The van der Waals surface area contributed by atoms with E-state index >= 15 is 0 Å². The quantitative estimate of drug-likeness (QED) is 0.727. The normalized spacial score (nSPS) is 24.7. The van der Waals surface area contributed by atoms with Crippen molar-refractivity contribution in [2.75, 3.05) is 0 Å². The van der Waals surface area contributed by atoms with Crippen molar-refractivity contribution in [1.82, 2.24) is 14.8 Å². The van der Waals surface area contributed by atoms with Crippen LogP contribution in [0.4, 0.5) is 0 Å². The molecule has 0 bridgehead atoms. The van der Waals surface area contributed by atoms with Crippen LogP contribution >= 0.6 is 0 Å². The average molecular weight is 267 g/mol. The van der Waals surface area contributed by atoms with Gasteiger partial charge < -0.3 is 0 Å². The Kier molecular flexibility index (Phi) is 2.65. The number of hydrogen-bond acceptors (Lipinski definition) is 4. The van der Waals surface area contributed by atoms with Crippen molar-refractivity contribution < 1.29 is 4.58 Å². The predicted octanol–water partition coefficient (Wildman–Crippen LogP) is 1.69. The molecule has 1 aromatic heterocycles. The minimum atomic E-state index is 0.676. The fourth-order valence-corrected chi connectivity index (χ4v) is 3.03. The molecule has 2 aliphatic carbocycles. The summed E-state index contributed by atoms with van der Waals surface area (Å²) in [5.74, 6) is 0.676. The summed E-state index contributed by atoms with van der Waals surface area (Å²) in [4.78, 5) is 0. The van der Waals surface area contributed by atoms with Crippen molar-refractivity contribution >= 4 is 24.1 Å². The van der Waals surface area contributed by atoms with Gasteiger partial charge in [0.2, 0.25) is 0 Å². The minimum absolute atomic E-state index is 0.676. The molecule has 4 rings (SSSR count). The van der Waals surface area contributed by atoms with Crippen LogP contribution in [-0.4, -0.2) is 37.7 Å². The summed E-state index contributed by atoms with van der Waals surface area (Å²) in [5.41, 5.74) is 3.93. The molecule has 6 nitrogen and oxygen atoms in total. The van der Waals surface area contributed by atoms with E-state index in [1.807, 2.05) is 9.14 Å². The summed E-state index contributed by atoms with van der Waals surface area (Å²) in [6, 6.07) is 0. The van der Waals surface area contributed by atoms with Crippen molar-refractivity contribution in [2.45, 2.75) is 25.7 Å². The first-order chi connectivity index (χ1) is 9.90. The van der Waals surface area contributed by atoms with E-state index in [0.717, 1.165) is 12.8 Å². The SMILES string of the molecule is C1=NN=C[N+]1=C1C=C2C=C(n3cnnc3)CCC2CC1. The molecule has 1 aliphatic heterocycles. The third kappa shape index (κ3) is 1.93. The highest BCUT2D eigenvalue weighted by molar-refractivity contribution is 5.97. The fraction of sp³-hybridized carbons (Fsp3) is 0.357. The average Bonchev–Trinajstić information content (AvgIpc) is 3.19. The van der Waals surface area contributed by atoms with E-state index in [4.69, 9.17) is 0 Å². The predicted molar refractivity (Wildman–Crippen MR) is 76.6 cm³/mol. The Morgan fingerprint density at radius 1 is 1.00 bits per heavy atom. The van der Waals surface area contributed by atoms with Gasteiger partial charge in [0, 0.05) is 12.1 Å². The van der Waals surface area contributed by atoms with Gasteiger partial charge in [-0.1, -0.05) is 0 Å². The second-order valence-electron chi connectivity index (χ2n) is 5.28. The lowest BCUT2D eigenvalue weighted by Gasteiger charge is -2.28. The zero-order chi connectivity index (χ0) is 13.4. The Bertz CT molecular complexity index is 661. The van der Waals surface area contributed by atoms with Gasteiger partial charge in [-0.15, -0.1) is 10.2 Å². The number of fused-ring (bicyclic) bond motifs is 1. The van der Waals surface area contributed by atoms with Gasteiger partial charge in [-0.25, -0.2) is 4.58 Å². The molecule has 20 heavy (non-hydrogen) atoms. The zero-order valence-electron chi connectivity index (χ0n) is 11.1. The lowest BCUT2D eigenvalue weighted by Crippen LogP contribution is -2.23. The summed E-state index contributed by atoms with van der Waals surface area (Å²) in [7, 11) is 0. The molecule has 0 amide bonds. The van der Waals surface area contributed by atoms with Gasteiger partial charge in [0.25, 0.3) is 12.7 Å². The van der Waals surface area contributed by atoms with Crippen LogP contribution in [-0.2, 0) is 0 Å². The first-order valence-corrected chi connectivity index (χ1v) is 6.88. The Morgan fingerprint density at radius 3 is 2.55 bits per heavy atom. The van der Waals surface area contributed by atoms with Gasteiger partial charge >= 0.3 is 0 Å². The highest BCUT2D eigenvalue weighted by Crippen LogP contribution is 2.36. The van der Waals surface area contributed by atoms with Crippen LogP contribution in [0, 0.1) is 5.92 Å². The van der Waals surface area contributed by atoms with Crippen molar-refractivity contribution in [1.29, 1.82) is 0 Å². The Hall–Kier alpha value is -2.37. The zero-order valence-corrected chi connectivity index (χ0v) is 11.1. The van der Waals surface area contributed by atoms with Crippen LogP contribution in [0.15, 0.2) is 40.6 Å². The monoisotopic (exact) mass is 267 g/mol. The molecule has 0 saturated carbocycles. The maximum absolute atomic E-state index is 3.88. The molecule has 0 fully saturated rings. The van der Waals surface area contributed by atoms with Crippen LogP contribution in [0.3, 0.4) is 0 Å². The molecule has 0 aromatic carbocycles. The maximum Gasteiger partial charge on any atom is 0.273 e. The summed E-state index contributed by atoms with van der Waals surface area (Å²) >= 11 is 0. The second kappa shape index (κ2) is 4.63. The number of allylic oxidation sites excluding steroid dienone is 4. The molecular formula is C14H15N6+. The van der Waals surface area contributed by atoms with Gasteiger partial charge in [0.1, 0.15) is 12.7 Å². The summed E-state index contributed by atoms with van der Waals surface area (Å²) in [6.07, 6.45) is 16.2. The molecule has 1 aromatic rings. The van der Waals surface area contributed by atoms with Crippen LogP contribution in [0.5, 0.6) is 0 Å². The van der Waals surface area contributed by atoms with Gasteiger partial charge in [0.05, 0.1) is 15.9 Å². The smallest absolute Gasteiger partial charge is 0.273 e. The molecule has 6 heteroatoms. The standard InChI is InChI=1S/C14H15N6/c1-3-13(19-7-15-16-8-19)5-12-6-14(4-2-11(1)12)20-9-17-18-10-20/h5-11H,1-4H2/q+1. The summed E-state index contributed by atoms with van der Waals surface area (Å²) < 4.78 is 4.01. The lowest BCUT2D eigenvalue weighted by atomic mass is 9.79. The molecule has 0 N–H and O–H groups in total.